The van der Waals surface area contributed by atoms with E-state index in [4.69, 9.17) is 5.73 Å². The van der Waals surface area contributed by atoms with E-state index in [0.717, 1.165) is 12.8 Å². The topological polar surface area (TPSA) is 29.3 Å². The first-order valence-electron chi connectivity index (χ1n) is 7.48. The molecule has 1 heterocycles. The number of piperidine rings is 1. The SMILES string of the molecule is CC(N)Cc1ccc(N2CCCC(C)C2)c(C(F)(F)F)c1. The highest BCUT2D eigenvalue weighted by molar-refractivity contribution is 5.57. The zero-order valence-electron chi connectivity index (χ0n) is 12.6. The van der Waals surface area contributed by atoms with Crippen LogP contribution in [0.15, 0.2) is 18.2 Å². The quantitative estimate of drug-likeness (QED) is 0.919. The number of hydrogen-bond acceptors (Lipinski definition) is 2. The van der Waals surface area contributed by atoms with Crippen molar-refractivity contribution >= 4 is 5.69 Å². The van der Waals surface area contributed by atoms with Crippen LogP contribution in [0.2, 0.25) is 0 Å². The highest BCUT2D eigenvalue weighted by Crippen LogP contribution is 2.38. The molecule has 118 valence electrons. The Kier molecular flexibility index (Phi) is 4.81. The average molecular weight is 300 g/mol. The fourth-order valence-electron chi connectivity index (χ4n) is 2.99. The third kappa shape index (κ3) is 4.13. The van der Waals surface area contributed by atoms with Crippen LogP contribution in [0.25, 0.3) is 0 Å². The number of benzene rings is 1. The predicted molar refractivity (Wildman–Crippen MR) is 79.4 cm³/mol. The van der Waals surface area contributed by atoms with Gasteiger partial charge in [-0.05, 0) is 49.8 Å². The third-order valence-electron chi connectivity index (χ3n) is 3.92. The number of rotatable bonds is 3. The van der Waals surface area contributed by atoms with Crippen molar-refractivity contribution in [3.05, 3.63) is 29.3 Å². The van der Waals surface area contributed by atoms with E-state index >= 15 is 0 Å². The van der Waals surface area contributed by atoms with Crippen LogP contribution in [0.1, 0.15) is 37.8 Å². The van der Waals surface area contributed by atoms with E-state index in [2.05, 4.69) is 6.92 Å². The first kappa shape index (κ1) is 16.1. The number of hydrogen-bond donors (Lipinski definition) is 1. The van der Waals surface area contributed by atoms with Crippen LogP contribution < -0.4 is 10.6 Å². The molecule has 0 saturated carbocycles. The molecule has 2 N–H and O–H groups in total. The normalized spacial score (nSPS) is 21.4. The molecule has 5 heteroatoms. The van der Waals surface area contributed by atoms with Crippen LogP contribution in [0, 0.1) is 5.92 Å². The average Bonchev–Trinajstić information content (AvgIpc) is 2.37. The molecule has 21 heavy (non-hydrogen) atoms. The summed E-state index contributed by atoms with van der Waals surface area (Å²) in [5.41, 5.74) is 6.11. The van der Waals surface area contributed by atoms with E-state index in [-0.39, 0.29) is 6.04 Å². The molecule has 0 spiro atoms. The molecule has 1 aromatic carbocycles. The Hall–Kier alpha value is -1.23. The molecule has 0 aromatic heterocycles. The maximum Gasteiger partial charge on any atom is 0.418 e. The van der Waals surface area contributed by atoms with Gasteiger partial charge in [-0.15, -0.1) is 0 Å². The van der Waals surface area contributed by atoms with E-state index in [1.54, 1.807) is 19.1 Å². The standard InChI is InChI=1S/C16H23F3N2/c1-11-4-3-7-21(10-11)15-6-5-13(8-12(2)20)9-14(15)16(17,18)19/h5-6,9,11-12H,3-4,7-8,10,20H2,1-2H3. The van der Waals surface area contributed by atoms with Gasteiger partial charge in [0.2, 0.25) is 0 Å². The van der Waals surface area contributed by atoms with Crippen molar-refractivity contribution in [1.29, 1.82) is 0 Å². The Bertz CT molecular complexity index is 483. The van der Waals surface area contributed by atoms with Crippen LogP contribution in [-0.2, 0) is 12.6 Å². The Morgan fingerprint density at radius 2 is 2.10 bits per heavy atom. The Balaban J connectivity index is 2.35. The van der Waals surface area contributed by atoms with Crippen LogP contribution in [0.4, 0.5) is 18.9 Å². The number of halogens is 3. The van der Waals surface area contributed by atoms with E-state index in [1.807, 2.05) is 4.90 Å². The highest BCUT2D eigenvalue weighted by Gasteiger charge is 2.35. The van der Waals surface area contributed by atoms with Crippen molar-refractivity contribution in [2.75, 3.05) is 18.0 Å². The molecule has 1 aliphatic heterocycles. The number of nitrogens with two attached hydrogens (primary N) is 1. The van der Waals surface area contributed by atoms with Gasteiger partial charge in [0.15, 0.2) is 0 Å². The number of nitrogens with zero attached hydrogens (tertiary/aromatic N) is 1. The summed E-state index contributed by atoms with van der Waals surface area (Å²) in [7, 11) is 0. The molecule has 0 aliphatic carbocycles. The van der Waals surface area contributed by atoms with Gasteiger partial charge in [-0.3, -0.25) is 0 Å². The summed E-state index contributed by atoms with van der Waals surface area (Å²) in [4.78, 5) is 1.87. The van der Waals surface area contributed by atoms with Crippen molar-refractivity contribution in [2.24, 2.45) is 11.7 Å². The molecular formula is C16H23F3N2. The van der Waals surface area contributed by atoms with Gasteiger partial charge in [-0.2, -0.15) is 13.2 Å². The minimum absolute atomic E-state index is 0.146. The molecular weight excluding hydrogens is 277 g/mol. The second kappa shape index (κ2) is 6.26. The van der Waals surface area contributed by atoms with Crippen LogP contribution in [0.5, 0.6) is 0 Å². The van der Waals surface area contributed by atoms with Crippen molar-refractivity contribution in [2.45, 2.75) is 45.3 Å². The van der Waals surface area contributed by atoms with E-state index in [0.29, 0.717) is 36.7 Å². The summed E-state index contributed by atoms with van der Waals surface area (Å²) in [6.45, 7) is 5.27. The Morgan fingerprint density at radius 3 is 2.67 bits per heavy atom. The molecule has 0 radical (unpaired) electrons. The third-order valence-corrected chi connectivity index (χ3v) is 3.92. The van der Waals surface area contributed by atoms with Gasteiger partial charge in [-0.25, -0.2) is 0 Å². The monoisotopic (exact) mass is 300 g/mol. The predicted octanol–water partition coefficient (Wildman–Crippen LogP) is 3.83. The van der Waals surface area contributed by atoms with Crippen molar-refractivity contribution in [3.63, 3.8) is 0 Å². The summed E-state index contributed by atoms with van der Waals surface area (Å²) < 4.78 is 40.1. The Labute approximate surface area is 124 Å². The minimum atomic E-state index is -4.33. The lowest BCUT2D eigenvalue weighted by molar-refractivity contribution is -0.137. The highest BCUT2D eigenvalue weighted by atomic mass is 19.4. The van der Waals surface area contributed by atoms with Crippen LogP contribution in [0.3, 0.4) is 0 Å². The van der Waals surface area contributed by atoms with Crippen molar-refractivity contribution in [1.82, 2.24) is 0 Å². The summed E-state index contributed by atoms with van der Waals surface area (Å²) in [5.74, 6) is 0.434. The second-order valence-corrected chi connectivity index (χ2v) is 6.22. The molecule has 0 amide bonds. The van der Waals surface area contributed by atoms with E-state index in [1.165, 1.54) is 6.07 Å². The van der Waals surface area contributed by atoms with E-state index < -0.39 is 11.7 Å². The lowest BCUT2D eigenvalue weighted by Gasteiger charge is -2.34. The molecule has 2 nitrogen and oxygen atoms in total. The molecule has 2 rings (SSSR count). The van der Waals surface area contributed by atoms with Gasteiger partial charge in [0.25, 0.3) is 0 Å². The maximum absolute atomic E-state index is 13.4. The second-order valence-electron chi connectivity index (χ2n) is 6.22. The molecule has 2 atom stereocenters. The van der Waals surface area contributed by atoms with Gasteiger partial charge in [-0.1, -0.05) is 13.0 Å². The number of anilines is 1. The first-order valence-corrected chi connectivity index (χ1v) is 7.48. The van der Waals surface area contributed by atoms with Crippen LogP contribution in [-0.4, -0.2) is 19.1 Å². The Morgan fingerprint density at radius 1 is 1.38 bits per heavy atom. The largest absolute Gasteiger partial charge is 0.418 e. The van der Waals surface area contributed by atoms with Gasteiger partial charge >= 0.3 is 6.18 Å². The summed E-state index contributed by atoms with van der Waals surface area (Å²) in [5, 5.41) is 0. The fourth-order valence-corrected chi connectivity index (χ4v) is 2.99. The summed E-state index contributed by atoms with van der Waals surface area (Å²) in [6.07, 6.45) is -1.84. The zero-order chi connectivity index (χ0) is 15.6. The minimum Gasteiger partial charge on any atom is -0.371 e. The van der Waals surface area contributed by atoms with Gasteiger partial charge in [0, 0.05) is 24.8 Å². The lowest BCUT2D eigenvalue weighted by Crippen LogP contribution is -2.35. The molecule has 1 aliphatic rings. The summed E-state index contributed by atoms with van der Waals surface area (Å²) >= 11 is 0. The molecule has 2 unspecified atom stereocenters. The first-order chi connectivity index (χ1) is 9.77. The molecule has 0 bridgehead atoms. The van der Waals surface area contributed by atoms with Gasteiger partial charge < -0.3 is 10.6 Å². The summed E-state index contributed by atoms with van der Waals surface area (Å²) in [6, 6.07) is 4.50. The van der Waals surface area contributed by atoms with Crippen molar-refractivity contribution < 1.29 is 13.2 Å². The molecule has 1 saturated heterocycles. The van der Waals surface area contributed by atoms with Gasteiger partial charge in [0.05, 0.1) is 5.56 Å². The lowest BCUT2D eigenvalue weighted by atomic mass is 9.97. The van der Waals surface area contributed by atoms with Crippen molar-refractivity contribution in [3.8, 4) is 0 Å². The zero-order valence-corrected chi connectivity index (χ0v) is 12.6. The molecule has 1 aromatic rings. The molecule has 1 fully saturated rings. The van der Waals surface area contributed by atoms with Crippen LogP contribution >= 0.6 is 0 Å². The maximum atomic E-state index is 13.4. The fraction of sp³-hybridized carbons (Fsp3) is 0.625. The van der Waals surface area contributed by atoms with Gasteiger partial charge in [0.1, 0.15) is 0 Å². The number of alkyl halides is 3. The van der Waals surface area contributed by atoms with E-state index in [9.17, 15) is 13.2 Å². The smallest absolute Gasteiger partial charge is 0.371 e.